The Kier molecular flexibility index (Phi) is 4.93. The van der Waals surface area contributed by atoms with E-state index in [1.54, 1.807) is 6.08 Å². The summed E-state index contributed by atoms with van der Waals surface area (Å²) >= 11 is 0. The number of amides is 1. The first-order chi connectivity index (χ1) is 11.9. The Morgan fingerprint density at radius 2 is 1.48 bits per heavy atom. The fourth-order valence-electron chi connectivity index (χ4n) is 3.56. The van der Waals surface area contributed by atoms with E-state index >= 15 is 0 Å². The van der Waals surface area contributed by atoms with Crippen molar-refractivity contribution in [2.24, 2.45) is 0 Å². The minimum atomic E-state index is -2.52. The molecule has 0 saturated heterocycles. The van der Waals surface area contributed by atoms with Crippen molar-refractivity contribution in [3.05, 3.63) is 72.8 Å². The van der Waals surface area contributed by atoms with Crippen LogP contribution in [0.4, 0.5) is 0 Å². The monoisotopic (exact) mass is 351 g/mol. The quantitative estimate of drug-likeness (QED) is 0.841. The lowest BCUT2D eigenvalue weighted by molar-refractivity contribution is -0.116. The molecule has 1 aliphatic heterocycles. The predicted molar refractivity (Wildman–Crippen MR) is 105 cm³/mol. The Bertz CT molecular complexity index is 711. The molecule has 25 heavy (non-hydrogen) atoms. The standard InChI is InChI=1S/C21H25NO2Si/c1-21(2,3)25(18-10-6-4-7-11-18,19-12-8-5-9-13-19)24-16-17-14-15-20(23)22-17/h4-15,17H,16H2,1-3H3,(H,22,23)/t17-/m1/s1. The van der Waals surface area contributed by atoms with Gasteiger partial charge >= 0.3 is 0 Å². The van der Waals surface area contributed by atoms with Crippen LogP contribution in [0.15, 0.2) is 72.8 Å². The number of carbonyl (C=O) groups excluding carboxylic acids is 1. The molecule has 2 aromatic carbocycles. The largest absolute Gasteiger partial charge is 0.405 e. The van der Waals surface area contributed by atoms with E-state index in [1.165, 1.54) is 10.4 Å². The van der Waals surface area contributed by atoms with Crippen LogP contribution >= 0.6 is 0 Å². The molecular formula is C21H25NO2Si. The van der Waals surface area contributed by atoms with Gasteiger partial charge in [0.15, 0.2) is 0 Å². The van der Waals surface area contributed by atoms with Crippen molar-refractivity contribution in [2.45, 2.75) is 31.9 Å². The third-order valence-corrected chi connectivity index (χ3v) is 9.71. The van der Waals surface area contributed by atoms with Crippen LogP contribution in [0.1, 0.15) is 20.8 Å². The van der Waals surface area contributed by atoms with Gasteiger partial charge in [0.25, 0.3) is 8.32 Å². The zero-order valence-corrected chi connectivity index (χ0v) is 16.0. The van der Waals surface area contributed by atoms with Crippen LogP contribution in [0, 0.1) is 0 Å². The van der Waals surface area contributed by atoms with Gasteiger partial charge in [-0.15, -0.1) is 0 Å². The zero-order valence-electron chi connectivity index (χ0n) is 15.0. The lowest BCUT2D eigenvalue weighted by atomic mass is 10.2. The number of nitrogens with one attached hydrogen (secondary N) is 1. The van der Waals surface area contributed by atoms with Gasteiger partial charge in [-0.05, 0) is 15.4 Å². The molecule has 3 nitrogen and oxygen atoms in total. The van der Waals surface area contributed by atoms with Crippen molar-refractivity contribution in [1.82, 2.24) is 5.32 Å². The molecule has 1 amide bonds. The van der Waals surface area contributed by atoms with E-state index in [2.05, 4.69) is 74.6 Å². The smallest absolute Gasteiger partial charge is 0.261 e. The van der Waals surface area contributed by atoms with Crippen molar-refractivity contribution in [1.29, 1.82) is 0 Å². The molecule has 130 valence electrons. The summed E-state index contributed by atoms with van der Waals surface area (Å²) in [5.74, 6) is -0.0453. The molecule has 1 N–H and O–H groups in total. The van der Waals surface area contributed by atoms with E-state index in [0.29, 0.717) is 6.61 Å². The third-order valence-electron chi connectivity index (χ3n) is 4.70. The maximum atomic E-state index is 11.5. The molecule has 0 fully saturated rings. The molecule has 0 unspecified atom stereocenters. The number of carbonyl (C=O) groups is 1. The maximum Gasteiger partial charge on any atom is 0.261 e. The highest BCUT2D eigenvalue weighted by Gasteiger charge is 2.50. The Morgan fingerprint density at radius 3 is 1.88 bits per heavy atom. The average Bonchev–Trinajstić information content (AvgIpc) is 3.02. The topological polar surface area (TPSA) is 38.3 Å². The zero-order chi connectivity index (χ0) is 17.9. The molecule has 4 heteroatoms. The predicted octanol–water partition coefficient (Wildman–Crippen LogP) is 2.62. The molecular weight excluding hydrogens is 326 g/mol. The highest BCUT2D eigenvalue weighted by molar-refractivity contribution is 6.99. The van der Waals surface area contributed by atoms with Crippen LogP contribution in [0.25, 0.3) is 0 Å². The van der Waals surface area contributed by atoms with Crippen LogP contribution in [0.3, 0.4) is 0 Å². The van der Waals surface area contributed by atoms with Gasteiger partial charge in [-0.3, -0.25) is 4.79 Å². The van der Waals surface area contributed by atoms with Gasteiger partial charge < -0.3 is 9.74 Å². The minimum absolute atomic E-state index is 0.0453. The Balaban J connectivity index is 2.05. The fourth-order valence-corrected chi connectivity index (χ4v) is 8.14. The van der Waals surface area contributed by atoms with Crippen molar-refractivity contribution in [3.63, 3.8) is 0 Å². The molecule has 2 aromatic rings. The van der Waals surface area contributed by atoms with Crippen LogP contribution < -0.4 is 15.7 Å². The van der Waals surface area contributed by atoms with Crippen molar-refractivity contribution < 1.29 is 9.22 Å². The van der Waals surface area contributed by atoms with Crippen LogP contribution in [-0.2, 0) is 9.22 Å². The summed E-state index contributed by atoms with van der Waals surface area (Å²) < 4.78 is 6.77. The first-order valence-electron chi connectivity index (χ1n) is 8.67. The van der Waals surface area contributed by atoms with E-state index in [4.69, 9.17) is 4.43 Å². The van der Waals surface area contributed by atoms with Gasteiger partial charge in [-0.25, -0.2) is 0 Å². The Labute approximate surface area is 150 Å². The molecule has 0 aromatic heterocycles. The van der Waals surface area contributed by atoms with Crippen LogP contribution in [0.2, 0.25) is 5.04 Å². The summed E-state index contributed by atoms with van der Waals surface area (Å²) in [6.45, 7) is 7.24. The molecule has 1 atom stereocenters. The number of benzene rings is 2. The lowest BCUT2D eigenvalue weighted by Crippen LogP contribution is -2.67. The van der Waals surface area contributed by atoms with Gasteiger partial charge in [0.05, 0.1) is 12.6 Å². The van der Waals surface area contributed by atoms with Gasteiger partial charge in [-0.1, -0.05) is 87.5 Å². The number of rotatable bonds is 5. The second-order valence-corrected chi connectivity index (χ2v) is 11.8. The van der Waals surface area contributed by atoms with Crippen LogP contribution in [0.5, 0.6) is 0 Å². The van der Waals surface area contributed by atoms with E-state index in [9.17, 15) is 4.79 Å². The first-order valence-corrected chi connectivity index (χ1v) is 10.6. The Hall–Kier alpha value is -2.17. The maximum absolute atomic E-state index is 11.5. The van der Waals surface area contributed by atoms with Crippen molar-refractivity contribution in [2.75, 3.05) is 6.61 Å². The average molecular weight is 352 g/mol. The van der Waals surface area contributed by atoms with E-state index in [-0.39, 0.29) is 17.0 Å². The summed E-state index contributed by atoms with van der Waals surface area (Å²) in [7, 11) is -2.52. The molecule has 0 bridgehead atoms. The van der Waals surface area contributed by atoms with Gasteiger partial charge in [-0.2, -0.15) is 0 Å². The highest BCUT2D eigenvalue weighted by Crippen LogP contribution is 2.36. The summed E-state index contributed by atoms with van der Waals surface area (Å²) in [6.07, 6.45) is 3.47. The summed E-state index contributed by atoms with van der Waals surface area (Å²) in [5.41, 5.74) is 0. The van der Waals surface area contributed by atoms with Crippen molar-refractivity contribution in [3.8, 4) is 0 Å². The first kappa shape index (κ1) is 17.6. The normalized spacial score (nSPS) is 17.6. The van der Waals surface area contributed by atoms with E-state index in [0.717, 1.165) is 0 Å². The summed E-state index contributed by atoms with van der Waals surface area (Å²) in [6, 6.07) is 21.0. The molecule has 0 radical (unpaired) electrons. The van der Waals surface area contributed by atoms with E-state index in [1.807, 2.05) is 18.2 Å². The van der Waals surface area contributed by atoms with Crippen LogP contribution in [-0.4, -0.2) is 26.9 Å². The Morgan fingerprint density at radius 1 is 0.960 bits per heavy atom. The molecule has 1 heterocycles. The summed E-state index contributed by atoms with van der Waals surface area (Å²) in [4.78, 5) is 11.5. The SMILES string of the molecule is CC(C)(C)[Si](OC[C@H]1C=CC(=O)N1)(c1ccccc1)c1ccccc1. The van der Waals surface area contributed by atoms with Gasteiger partial charge in [0, 0.05) is 6.08 Å². The number of hydrogen-bond acceptors (Lipinski definition) is 2. The second kappa shape index (κ2) is 6.98. The lowest BCUT2D eigenvalue weighted by Gasteiger charge is -2.43. The molecule has 0 saturated carbocycles. The molecule has 0 spiro atoms. The minimum Gasteiger partial charge on any atom is -0.405 e. The van der Waals surface area contributed by atoms with Gasteiger partial charge in [0.1, 0.15) is 0 Å². The molecule has 3 rings (SSSR count). The fraction of sp³-hybridized carbons (Fsp3) is 0.286. The van der Waals surface area contributed by atoms with E-state index < -0.39 is 8.32 Å². The number of hydrogen-bond donors (Lipinski definition) is 1. The molecule has 0 aliphatic carbocycles. The summed E-state index contributed by atoms with van der Waals surface area (Å²) in [5, 5.41) is 5.38. The highest BCUT2D eigenvalue weighted by atomic mass is 28.4. The molecule has 1 aliphatic rings. The van der Waals surface area contributed by atoms with Crippen molar-refractivity contribution >= 4 is 24.6 Å². The second-order valence-electron chi connectivity index (χ2n) is 7.45. The van der Waals surface area contributed by atoms with Gasteiger partial charge in [0.2, 0.25) is 5.91 Å². The third kappa shape index (κ3) is 3.46.